The second-order valence-corrected chi connectivity index (χ2v) is 7.97. The van der Waals surface area contributed by atoms with Crippen molar-refractivity contribution in [2.24, 2.45) is 0 Å². The fourth-order valence-electron chi connectivity index (χ4n) is 4.45. The first-order valence-electron chi connectivity index (χ1n) is 10.4. The summed E-state index contributed by atoms with van der Waals surface area (Å²) in [6.07, 6.45) is 1.09. The van der Waals surface area contributed by atoms with Crippen LogP contribution < -0.4 is 15.4 Å². The van der Waals surface area contributed by atoms with Gasteiger partial charge in [0.2, 0.25) is 11.9 Å². The maximum Gasteiger partial charge on any atom is 0.248 e. The number of hydrogen-bond donors (Lipinski definition) is 2. The van der Waals surface area contributed by atoms with Crippen LogP contribution in [0.15, 0.2) is 59.8 Å². The Balaban J connectivity index is 1.51. The van der Waals surface area contributed by atoms with Crippen molar-refractivity contribution in [3.63, 3.8) is 0 Å². The van der Waals surface area contributed by atoms with Gasteiger partial charge < -0.3 is 15.4 Å². The third kappa shape index (κ3) is 3.51. The molecule has 2 aromatic carbocycles. The number of allylic oxidation sites excluding steroid dienone is 2. The van der Waals surface area contributed by atoms with Gasteiger partial charge in [-0.3, -0.25) is 9.59 Å². The largest absolute Gasteiger partial charge is 0.497 e. The van der Waals surface area contributed by atoms with Crippen LogP contribution in [0.2, 0.25) is 0 Å². The average Bonchev–Trinajstić information content (AvgIpc) is 3.26. The molecule has 32 heavy (non-hydrogen) atoms. The molecular weight excluding hydrogens is 408 g/mol. The van der Waals surface area contributed by atoms with E-state index in [0.717, 1.165) is 22.6 Å². The topological polar surface area (TPSA) is 111 Å². The van der Waals surface area contributed by atoms with Gasteiger partial charge in [0.1, 0.15) is 11.8 Å². The summed E-state index contributed by atoms with van der Waals surface area (Å²) in [6, 6.07) is 14.8. The van der Waals surface area contributed by atoms with E-state index in [2.05, 4.69) is 26.2 Å². The number of anilines is 2. The Hall–Kier alpha value is -4.01. The molecule has 1 aliphatic carbocycles. The normalized spacial score (nSPS) is 19.6. The Morgan fingerprint density at radius 1 is 1.09 bits per heavy atom. The van der Waals surface area contributed by atoms with E-state index in [1.165, 1.54) is 6.92 Å². The van der Waals surface area contributed by atoms with Crippen molar-refractivity contribution in [1.82, 2.24) is 20.2 Å². The Bertz CT molecular complexity index is 1210. The fraction of sp³-hybridized carbons (Fsp3) is 0.261. The number of tetrazole rings is 1. The highest BCUT2D eigenvalue weighted by atomic mass is 16.5. The monoisotopic (exact) mass is 430 g/mol. The van der Waals surface area contributed by atoms with Gasteiger partial charge in [0.05, 0.1) is 7.11 Å². The van der Waals surface area contributed by atoms with Gasteiger partial charge in [-0.1, -0.05) is 29.4 Å². The summed E-state index contributed by atoms with van der Waals surface area (Å²) in [4.78, 5) is 24.7. The molecule has 9 nitrogen and oxygen atoms in total. The number of amides is 1. The van der Waals surface area contributed by atoms with E-state index in [9.17, 15) is 9.59 Å². The number of ketones is 1. The van der Waals surface area contributed by atoms with E-state index in [1.54, 1.807) is 11.8 Å². The second kappa shape index (κ2) is 7.92. The standard InChI is InChI=1S/C23H22N6O3/c1-13(30)24-17-7-3-15(4-8-17)22-21-19(25-23-26-27-28-29(22)23)11-16(12-20(21)31)14-5-9-18(32-2)10-6-14/h3-10,16,22H,11-12H2,1-2H3,(H,24,30)(H,25,26,28)/t16-,22-/m0/s1. The number of aromatic nitrogens is 4. The van der Waals surface area contributed by atoms with E-state index in [1.807, 2.05) is 48.5 Å². The smallest absolute Gasteiger partial charge is 0.248 e. The minimum absolute atomic E-state index is 0.0601. The number of carbonyl (C=O) groups is 2. The highest BCUT2D eigenvalue weighted by Gasteiger charge is 2.39. The molecule has 0 unspecified atom stereocenters. The van der Waals surface area contributed by atoms with Crippen molar-refractivity contribution >= 4 is 23.3 Å². The Kier molecular flexibility index (Phi) is 4.93. The first kappa shape index (κ1) is 19.9. The molecule has 0 fully saturated rings. The van der Waals surface area contributed by atoms with E-state index in [4.69, 9.17) is 4.74 Å². The van der Waals surface area contributed by atoms with Crippen molar-refractivity contribution in [2.75, 3.05) is 17.7 Å². The second-order valence-electron chi connectivity index (χ2n) is 7.97. The molecular formula is C23H22N6O3. The Morgan fingerprint density at radius 2 is 1.81 bits per heavy atom. The van der Waals surface area contributed by atoms with Gasteiger partial charge in [0, 0.05) is 30.3 Å². The molecule has 9 heteroatoms. The molecule has 0 saturated heterocycles. The lowest BCUT2D eigenvalue weighted by Crippen LogP contribution is -2.33. The van der Waals surface area contributed by atoms with Crippen LogP contribution in [0.3, 0.4) is 0 Å². The summed E-state index contributed by atoms with van der Waals surface area (Å²) in [5, 5.41) is 18.1. The molecule has 5 rings (SSSR count). The van der Waals surface area contributed by atoms with Gasteiger partial charge >= 0.3 is 0 Å². The van der Waals surface area contributed by atoms with Gasteiger partial charge in [-0.25, -0.2) is 0 Å². The molecule has 2 atom stereocenters. The number of nitrogens with zero attached hydrogens (tertiary/aromatic N) is 4. The fourth-order valence-corrected chi connectivity index (χ4v) is 4.45. The van der Waals surface area contributed by atoms with Crippen molar-refractivity contribution in [1.29, 1.82) is 0 Å². The maximum absolute atomic E-state index is 13.4. The van der Waals surface area contributed by atoms with Crippen molar-refractivity contribution < 1.29 is 14.3 Å². The van der Waals surface area contributed by atoms with E-state index in [0.29, 0.717) is 30.1 Å². The molecule has 2 heterocycles. The Morgan fingerprint density at radius 3 is 2.50 bits per heavy atom. The van der Waals surface area contributed by atoms with Crippen molar-refractivity contribution in [3.8, 4) is 5.75 Å². The lowest BCUT2D eigenvalue weighted by atomic mass is 9.78. The molecule has 162 valence electrons. The SMILES string of the molecule is COc1ccc([C@@H]2CC(=O)C3=C(C2)Nc2nnnn2[C@H]3c2ccc(NC(C)=O)cc2)cc1. The molecule has 2 aliphatic rings. The number of fused-ring (bicyclic) bond motifs is 1. The third-order valence-corrected chi connectivity index (χ3v) is 5.92. The molecule has 1 aromatic heterocycles. The molecule has 1 aliphatic heterocycles. The number of Topliss-reactive ketones (excluding diaryl/α,β-unsaturated/α-hetero) is 1. The molecule has 0 bridgehead atoms. The first-order valence-corrected chi connectivity index (χ1v) is 10.4. The number of ether oxygens (including phenoxy) is 1. The lowest BCUT2D eigenvalue weighted by Gasteiger charge is -2.34. The van der Waals surface area contributed by atoms with E-state index < -0.39 is 6.04 Å². The number of hydrogen-bond acceptors (Lipinski definition) is 7. The quantitative estimate of drug-likeness (QED) is 0.654. The zero-order valence-electron chi connectivity index (χ0n) is 17.7. The highest BCUT2D eigenvalue weighted by Crippen LogP contribution is 2.43. The van der Waals surface area contributed by atoms with Crippen molar-refractivity contribution in [2.45, 2.75) is 31.7 Å². The van der Waals surface area contributed by atoms with Crippen molar-refractivity contribution in [3.05, 3.63) is 70.9 Å². The molecule has 0 radical (unpaired) electrons. The van der Waals surface area contributed by atoms with Crippen LogP contribution in [0.25, 0.3) is 0 Å². The predicted octanol–water partition coefficient (Wildman–Crippen LogP) is 3.06. The van der Waals surface area contributed by atoms with Gasteiger partial charge in [0.15, 0.2) is 5.78 Å². The summed E-state index contributed by atoms with van der Waals surface area (Å²) >= 11 is 0. The molecule has 0 saturated carbocycles. The highest BCUT2D eigenvalue weighted by molar-refractivity contribution is 6.00. The van der Waals surface area contributed by atoms with Crippen LogP contribution in [-0.4, -0.2) is 39.0 Å². The minimum Gasteiger partial charge on any atom is -0.497 e. The molecule has 3 aromatic rings. The van der Waals surface area contributed by atoms with E-state index in [-0.39, 0.29) is 17.6 Å². The Labute approximate surface area is 184 Å². The number of carbonyl (C=O) groups excluding carboxylic acids is 2. The summed E-state index contributed by atoms with van der Waals surface area (Å²) in [5.41, 5.74) is 4.18. The van der Waals surface area contributed by atoms with Crippen LogP contribution >= 0.6 is 0 Å². The zero-order chi connectivity index (χ0) is 22.2. The lowest BCUT2D eigenvalue weighted by molar-refractivity contribution is -0.117. The summed E-state index contributed by atoms with van der Waals surface area (Å²) in [7, 11) is 1.63. The van der Waals surface area contributed by atoms with Crippen LogP contribution in [0.5, 0.6) is 5.75 Å². The van der Waals surface area contributed by atoms with Crippen LogP contribution in [-0.2, 0) is 9.59 Å². The number of methoxy groups -OCH3 is 1. The third-order valence-electron chi connectivity index (χ3n) is 5.92. The van der Waals surface area contributed by atoms with Gasteiger partial charge in [0.25, 0.3) is 0 Å². The molecule has 0 spiro atoms. The van der Waals surface area contributed by atoms with Crippen LogP contribution in [0.4, 0.5) is 11.6 Å². The van der Waals surface area contributed by atoms with Gasteiger partial charge in [-0.15, -0.1) is 0 Å². The summed E-state index contributed by atoms with van der Waals surface area (Å²) in [5.74, 6) is 1.28. The number of rotatable bonds is 4. The summed E-state index contributed by atoms with van der Waals surface area (Å²) < 4.78 is 6.89. The molecule has 2 N–H and O–H groups in total. The number of nitrogens with one attached hydrogen (secondary N) is 2. The van der Waals surface area contributed by atoms with Crippen LogP contribution in [0, 0.1) is 0 Å². The zero-order valence-corrected chi connectivity index (χ0v) is 17.7. The number of benzene rings is 2. The van der Waals surface area contributed by atoms with Gasteiger partial charge in [-0.2, -0.15) is 4.68 Å². The summed E-state index contributed by atoms with van der Waals surface area (Å²) in [6.45, 7) is 1.46. The van der Waals surface area contributed by atoms with Gasteiger partial charge in [-0.05, 0) is 58.2 Å². The predicted molar refractivity (Wildman–Crippen MR) is 117 cm³/mol. The first-order chi connectivity index (χ1) is 15.5. The van der Waals surface area contributed by atoms with E-state index >= 15 is 0 Å². The average molecular weight is 430 g/mol. The van der Waals surface area contributed by atoms with Crippen LogP contribution in [0.1, 0.15) is 42.9 Å². The molecule has 1 amide bonds. The minimum atomic E-state index is -0.424. The maximum atomic E-state index is 13.4.